The van der Waals surface area contributed by atoms with Crippen molar-refractivity contribution < 1.29 is 28.7 Å². The van der Waals surface area contributed by atoms with Gasteiger partial charge in [-0.1, -0.05) is 0 Å². The molecule has 0 bridgehead atoms. The van der Waals surface area contributed by atoms with E-state index < -0.39 is 29.9 Å². The molecule has 1 aliphatic heterocycles. The van der Waals surface area contributed by atoms with E-state index in [9.17, 15) is 19.2 Å². The summed E-state index contributed by atoms with van der Waals surface area (Å²) in [6.45, 7) is 0. The van der Waals surface area contributed by atoms with E-state index in [1.807, 2.05) is 0 Å². The number of ether oxygens (including phenoxy) is 2. The lowest BCUT2D eigenvalue weighted by molar-refractivity contribution is -0.146. The molecule has 0 radical (unpaired) electrons. The largest absolute Gasteiger partial charge is 0.469 e. The zero-order valence-electron chi connectivity index (χ0n) is 11.4. The molecule has 0 aliphatic carbocycles. The fourth-order valence-corrected chi connectivity index (χ4v) is 1.84. The first kappa shape index (κ1) is 15.9. The second-order valence-electron chi connectivity index (χ2n) is 4.36. The second-order valence-corrected chi connectivity index (χ2v) is 4.36. The molecule has 1 fully saturated rings. The highest BCUT2D eigenvalue weighted by atomic mass is 16.5. The molecule has 2 N–H and O–H groups in total. The van der Waals surface area contributed by atoms with E-state index >= 15 is 0 Å². The standard InChI is InChI=1S/C12H18N2O6/c1-19-10(16)6-4-8(12(18)20-2)14-11(17)7-3-5-9(15)13-7/h7-8H,3-6H2,1-2H3,(H,13,15)(H,14,17)/t7-,8-/m0/s1. The van der Waals surface area contributed by atoms with Crippen LogP contribution in [0.2, 0.25) is 0 Å². The van der Waals surface area contributed by atoms with E-state index in [1.54, 1.807) is 0 Å². The SMILES string of the molecule is COC(=O)CC[C@H](NC(=O)[C@@H]1CCC(=O)N1)C(=O)OC. The van der Waals surface area contributed by atoms with E-state index in [0.29, 0.717) is 6.42 Å². The third kappa shape index (κ3) is 4.52. The van der Waals surface area contributed by atoms with Crippen LogP contribution in [0.3, 0.4) is 0 Å². The first-order valence-electron chi connectivity index (χ1n) is 6.22. The predicted molar refractivity (Wildman–Crippen MR) is 66.4 cm³/mol. The van der Waals surface area contributed by atoms with Gasteiger partial charge in [0.05, 0.1) is 14.2 Å². The molecule has 2 atom stereocenters. The Morgan fingerprint density at radius 2 is 2.05 bits per heavy atom. The van der Waals surface area contributed by atoms with Crippen LogP contribution in [0.15, 0.2) is 0 Å². The first-order chi connectivity index (χ1) is 9.47. The summed E-state index contributed by atoms with van der Waals surface area (Å²) in [5, 5.41) is 4.97. The lowest BCUT2D eigenvalue weighted by Crippen LogP contribution is -2.49. The smallest absolute Gasteiger partial charge is 0.328 e. The van der Waals surface area contributed by atoms with Gasteiger partial charge in [0.2, 0.25) is 11.8 Å². The fourth-order valence-electron chi connectivity index (χ4n) is 1.84. The van der Waals surface area contributed by atoms with Gasteiger partial charge >= 0.3 is 11.9 Å². The summed E-state index contributed by atoms with van der Waals surface area (Å²) in [5.41, 5.74) is 0. The van der Waals surface area contributed by atoms with Crippen molar-refractivity contribution in [3.05, 3.63) is 0 Å². The normalized spacial score (nSPS) is 18.9. The molecular weight excluding hydrogens is 268 g/mol. The van der Waals surface area contributed by atoms with Crippen LogP contribution in [-0.4, -0.2) is 50.1 Å². The van der Waals surface area contributed by atoms with Gasteiger partial charge in [-0.2, -0.15) is 0 Å². The summed E-state index contributed by atoms with van der Waals surface area (Å²) in [5.74, 6) is -1.79. The molecule has 2 amide bonds. The monoisotopic (exact) mass is 286 g/mol. The highest BCUT2D eigenvalue weighted by molar-refractivity contribution is 5.93. The number of nitrogens with one attached hydrogen (secondary N) is 2. The number of carbonyl (C=O) groups excluding carboxylic acids is 4. The number of amides is 2. The van der Waals surface area contributed by atoms with Gasteiger partial charge < -0.3 is 20.1 Å². The minimum atomic E-state index is -0.941. The summed E-state index contributed by atoms with van der Waals surface area (Å²) in [7, 11) is 2.43. The maximum Gasteiger partial charge on any atom is 0.328 e. The van der Waals surface area contributed by atoms with Gasteiger partial charge in [-0.05, 0) is 12.8 Å². The van der Waals surface area contributed by atoms with E-state index in [0.717, 1.165) is 0 Å². The van der Waals surface area contributed by atoms with E-state index in [1.165, 1.54) is 14.2 Å². The Morgan fingerprint density at radius 1 is 1.35 bits per heavy atom. The Morgan fingerprint density at radius 3 is 2.55 bits per heavy atom. The summed E-state index contributed by atoms with van der Waals surface area (Å²) < 4.78 is 9.04. The molecule has 1 heterocycles. The molecule has 0 unspecified atom stereocenters. The van der Waals surface area contributed by atoms with Crippen LogP contribution in [0.4, 0.5) is 0 Å². The molecule has 0 aromatic heterocycles. The van der Waals surface area contributed by atoms with Crippen molar-refractivity contribution in [2.45, 2.75) is 37.8 Å². The lowest BCUT2D eigenvalue weighted by Gasteiger charge is -2.18. The third-order valence-electron chi connectivity index (χ3n) is 2.98. The van der Waals surface area contributed by atoms with E-state index in [4.69, 9.17) is 0 Å². The molecule has 8 heteroatoms. The first-order valence-corrected chi connectivity index (χ1v) is 6.22. The molecule has 20 heavy (non-hydrogen) atoms. The molecule has 0 aromatic carbocycles. The van der Waals surface area contributed by atoms with Gasteiger partial charge in [-0.15, -0.1) is 0 Å². The molecule has 8 nitrogen and oxygen atoms in total. The van der Waals surface area contributed by atoms with Crippen LogP contribution >= 0.6 is 0 Å². The predicted octanol–water partition coefficient (Wildman–Crippen LogP) is -1.12. The molecule has 0 aromatic rings. The second kappa shape index (κ2) is 7.46. The van der Waals surface area contributed by atoms with Crippen molar-refractivity contribution in [2.24, 2.45) is 0 Å². The van der Waals surface area contributed by atoms with Crippen LogP contribution < -0.4 is 10.6 Å². The van der Waals surface area contributed by atoms with E-state index in [-0.39, 0.29) is 25.2 Å². The lowest BCUT2D eigenvalue weighted by atomic mass is 10.1. The van der Waals surface area contributed by atoms with Crippen molar-refractivity contribution in [1.82, 2.24) is 10.6 Å². The van der Waals surface area contributed by atoms with Gasteiger partial charge in [0.15, 0.2) is 0 Å². The van der Waals surface area contributed by atoms with Crippen LogP contribution in [0.25, 0.3) is 0 Å². The van der Waals surface area contributed by atoms with Crippen LogP contribution in [-0.2, 0) is 28.7 Å². The summed E-state index contributed by atoms with van der Waals surface area (Å²) >= 11 is 0. The molecule has 0 saturated carbocycles. The zero-order chi connectivity index (χ0) is 15.1. The fraction of sp³-hybridized carbons (Fsp3) is 0.667. The van der Waals surface area contributed by atoms with Crippen molar-refractivity contribution in [3.8, 4) is 0 Å². The van der Waals surface area contributed by atoms with Gasteiger partial charge in [0.25, 0.3) is 0 Å². The Hall–Kier alpha value is -2.12. The van der Waals surface area contributed by atoms with E-state index in [2.05, 4.69) is 20.1 Å². The Kier molecular flexibility index (Phi) is 5.95. The zero-order valence-corrected chi connectivity index (χ0v) is 11.4. The highest BCUT2D eigenvalue weighted by Gasteiger charge is 2.30. The van der Waals surface area contributed by atoms with Gasteiger partial charge in [0.1, 0.15) is 12.1 Å². The quantitative estimate of drug-likeness (QED) is 0.598. The van der Waals surface area contributed by atoms with Crippen LogP contribution in [0.1, 0.15) is 25.7 Å². The van der Waals surface area contributed by atoms with Gasteiger partial charge in [-0.25, -0.2) is 4.79 Å². The molecule has 1 rings (SSSR count). The summed E-state index contributed by atoms with van der Waals surface area (Å²) in [6, 6.07) is -1.59. The Balaban J connectivity index is 2.55. The van der Waals surface area contributed by atoms with Gasteiger partial charge in [-0.3, -0.25) is 14.4 Å². The summed E-state index contributed by atoms with van der Waals surface area (Å²) in [4.78, 5) is 45.5. The molecule has 112 valence electrons. The molecule has 1 saturated heterocycles. The van der Waals surface area contributed by atoms with Crippen molar-refractivity contribution >= 4 is 23.8 Å². The van der Waals surface area contributed by atoms with Crippen molar-refractivity contribution in [1.29, 1.82) is 0 Å². The topological polar surface area (TPSA) is 111 Å². The summed E-state index contributed by atoms with van der Waals surface area (Å²) in [6.07, 6.45) is 0.720. The maximum atomic E-state index is 11.9. The third-order valence-corrected chi connectivity index (χ3v) is 2.98. The number of rotatable bonds is 6. The van der Waals surface area contributed by atoms with Gasteiger partial charge in [0, 0.05) is 12.8 Å². The Labute approximate surface area is 116 Å². The maximum absolute atomic E-state index is 11.9. The van der Waals surface area contributed by atoms with Crippen molar-refractivity contribution in [3.63, 3.8) is 0 Å². The number of hydrogen-bond donors (Lipinski definition) is 2. The van der Waals surface area contributed by atoms with Crippen LogP contribution in [0.5, 0.6) is 0 Å². The molecular formula is C12H18N2O6. The number of hydrogen-bond acceptors (Lipinski definition) is 6. The average molecular weight is 286 g/mol. The minimum absolute atomic E-state index is 0.0203. The Bertz CT molecular complexity index is 409. The number of carbonyl (C=O) groups is 4. The van der Waals surface area contributed by atoms with Crippen LogP contribution in [0, 0.1) is 0 Å². The van der Waals surface area contributed by atoms with Crippen molar-refractivity contribution in [2.75, 3.05) is 14.2 Å². The average Bonchev–Trinajstić information content (AvgIpc) is 2.88. The number of esters is 2. The highest BCUT2D eigenvalue weighted by Crippen LogP contribution is 2.08. The number of methoxy groups -OCH3 is 2. The minimum Gasteiger partial charge on any atom is -0.469 e. The molecule has 0 spiro atoms. The molecule has 1 aliphatic rings.